The van der Waals surface area contributed by atoms with Crippen LogP contribution in [0.5, 0.6) is 0 Å². The average Bonchev–Trinajstić information content (AvgIpc) is 2.14. The minimum atomic E-state index is -1.16. The van der Waals surface area contributed by atoms with Crippen molar-refractivity contribution in [1.29, 1.82) is 0 Å². The molecule has 1 fully saturated rings. The Morgan fingerprint density at radius 3 is 2.60 bits per heavy atom. The monoisotopic (exact) mass is 209 g/mol. The van der Waals surface area contributed by atoms with E-state index in [0.717, 1.165) is 0 Å². The number of hydrogen-bond donors (Lipinski definition) is 2. The fraction of sp³-hybridized carbons (Fsp3) is 0.364. The van der Waals surface area contributed by atoms with Gasteiger partial charge in [0, 0.05) is 0 Å². The average molecular weight is 209 g/mol. The third kappa shape index (κ3) is 1.61. The molecule has 2 rings (SSSR count). The molecule has 0 bridgehead atoms. The Kier molecular flexibility index (Phi) is 2.23. The summed E-state index contributed by atoms with van der Waals surface area (Å²) in [4.78, 5) is 10.7. The van der Waals surface area contributed by atoms with E-state index >= 15 is 0 Å². The molecule has 4 heteroatoms. The number of benzene rings is 1. The van der Waals surface area contributed by atoms with E-state index in [4.69, 9.17) is 10.8 Å². The molecule has 15 heavy (non-hydrogen) atoms. The van der Waals surface area contributed by atoms with Crippen molar-refractivity contribution in [2.45, 2.75) is 24.3 Å². The maximum Gasteiger partial charge on any atom is 0.323 e. The summed E-state index contributed by atoms with van der Waals surface area (Å²) in [6, 6.07) is 6.42. The van der Waals surface area contributed by atoms with E-state index in [0.29, 0.717) is 18.4 Å². The van der Waals surface area contributed by atoms with Crippen molar-refractivity contribution in [2.75, 3.05) is 0 Å². The van der Waals surface area contributed by atoms with E-state index in [1.807, 2.05) is 0 Å². The number of rotatable bonds is 2. The normalized spacial score (nSPS) is 29.6. The van der Waals surface area contributed by atoms with Crippen LogP contribution in [0.2, 0.25) is 0 Å². The maximum absolute atomic E-state index is 13.3. The van der Waals surface area contributed by atoms with Crippen molar-refractivity contribution in [1.82, 2.24) is 0 Å². The van der Waals surface area contributed by atoms with Crippen LogP contribution in [0.3, 0.4) is 0 Å². The standard InChI is InChI=1S/C11H12FNO2/c12-9-4-2-1-3-8(9)7-5-11(13,6-7)10(14)15/h1-4,7H,5-6,13H2,(H,14,15). The summed E-state index contributed by atoms with van der Waals surface area (Å²) >= 11 is 0. The zero-order valence-electron chi connectivity index (χ0n) is 8.11. The van der Waals surface area contributed by atoms with Gasteiger partial charge in [0.25, 0.3) is 0 Å². The third-order valence-corrected chi connectivity index (χ3v) is 2.99. The van der Waals surface area contributed by atoms with E-state index in [1.54, 1.807) is 18.2 Å². The lowest BCUT2D eigenvalue weighted by molar-refractivity contribution is -0.147. The molecule has 0 radical (unpaired) electrons. The molecule has 1 saturated carbocycles. The van der Waals surface area contributed by atoms with E-state index in [-0.39, 0.29) is 11.7 Å². The van der Waals surface area contributed by atoms with Crippen LogP contribution in [0.15, 0.2) is 24.3 Å². The first-order chi connectivity index (χ1) is 7.03. The van der Waals surface area contributed by atoms with E-state index in [9.17, 15) is 9.18 Å². The lowest BCUT2D eigenvalue weighted by Crippen LogP contribution is -2.57. The Morgan fingerprint density at radius 2 is 2.07 bits per heavy atom. The van der Waals surface area contributed by atoms with Gasteiger partial charge in [-0.1, -0.05) is 18.2 Å². The van der Waals surface area contributed by atoms with Gasteiger partial charge in [-0.2, -0.15) is 0 Å². The van der Waals surface area contributed by atoms with Gasteiger partial charge in [-0.15, -0.1) is 0 Å². The number of aliphatic carboxylic acids is 1. The van der Waals surface area contributed by atoms with Gasteiger partial charge in [-0.05, 0) is 30.4 Å². The van der Waals surface area contributed by atoms with Crippen molar-refractivity contribution in [3.63, 3.8) is 0 Å². The predicted octanol–water partition coefficient (Wildman–Crippen LogP) is 1.49. The quantitative estimate of drug-likeness (QED) is 0.775. The van der Waals surface area contributed by atoms with Crippen molar-refractivity contribution in [2.24, 2.45) is 5.73 Å². The molecule has 1 aliphatic rings. The van der Waals surface area contributed by atoms with E-state index in [1.165, 1.54) is 6.07 Å². The molecule has 0 spiro atoms. The van der Waals surface area contributed by atoms with Crippen LogP contribution < -0.4 is 5.73 Å². The number of nitrogens with two attached hydrogens (primary N) is 1. The zero-order valence-corrected chi connectivity index (χ0v) is 8.11. The molecule has 0 aromatic heterocycles. The van der Waals surface area contributed by atoms with Gasteiger partial charge in [-0.3, -0.25) is 4.79 Å². The summed E-state index contributed by atoms with van der Waals surface area (Å²) in [5, 5.41) is 8.81. The highest BCUT2D eigenvalue weighted by molar-refractivity contribution is 5.80. The molecular formula is C11H12FNO2. The van der Waals surface area contributed by atoms with Crippen LogP contribution in [0, 0.1) is 5.82 Å². The summed E-state index contributed by atoms with van der Waals surface area (Å²) in [6.45, 7) is 0. The molecule has 1 aliphatic carbocycles. The Morgan fingerprint density at radius 1 is 1.47 bits per heavy atom. The van der Waals surface area contributed by atoms with Gasteiger partial charge < -0.3 is 10.8 Å². The van der Waals surface area contributed by atoms with E-state index < -0.39 is 11.5 Å². The summed E-state index contributed by atoms with van der Waals surface area (Å²) in [5.41, 5.74) is 5.01. The summed E-state index contributed by atoms with van der Waals surface area (Å²) in [5.74, 6) is -1.35. The molecule has 1 aromatic carbocycles. The molecule has 0 saturated heterocycles. The molecule has 0 atom stereocenters. The second-order valence-corrected chi connectivity index (χ2v) is 4.09. The van der Waals surface area contributed by atoms with Crippen LogP contribution in [0.25, 0.3) is 0 Å². The highest BCUT2D eigenvalue weighted by Crippen LogP contribution is 2.43. The molecule has 0 aliphatic heterocycles. The first-order valence-electron chi connectivity index (χ1n) is 4.80. The SMILES string of the molecule is NC1(C(=O)O)CC(c2ccccc2F)C1. The highest BCUT2D eigenvalue weighted by Gasteiger charge is 2.48. The lowest BCUT2D eigenvalue weighted by atomic mass is 9.66. The molecule has 0 heterocycles. The molecule has 1 aromatic rings. The Hall–Kier alpha value is -1.42. The van der Waals surface area contributed by atoms with Crippen molar-refractivity contribution in [3.8, 4) is 0 Å². The molecule has 0 unspecified atom stereocenters. The number of halogens is 1. The number of hydrogen-bond acceptors (Lipinski definition) is 2. The Bertz CT molecular complexity index is 399. The Balaban J connectivity index is 2.13. The maximum atomic E-state index is 13.3. The fourth-order valence-electron chi connectivity index (χ4n) is 2.02. The first kappa shape index (κ1) is 10.1. The summed E-state index contributed by atoms with van der Waals surface area (Å²) < 4.78 is 13.3. The number of carbonyl (C=O) groups is 1. The first-order valence-corrected chi connectivity index (χ1v) is 4.80. The minimum absolute atomic E-state index is 0.0627. The van der Waals surface area contributed by atoms with Crippen LogP contribution in [0.4, 0.5) is 4.39 Å². The van der Waals surface area contributed by atoms with Crippen LogP contribution in [0.1, 0.15) is 24.3 Å². The number of carboxylic acid groups (broad SMARTS) is 1. The van der Waals surface area contributed by atoms with Crippen LogP contribution in [-0.2, 0) is 4.79 Å². The van der Waals surface area contributed by atoms with E-state index in [2.05, 4.69) is 0 Å². The molecular weight excluding hydrogens is 197 g/mol. The lowest BCUT2D eigenvalue weighted by Gasteiger charge is -2.41. The summed E-state index contributed by atoms with van der Waals surface area (Å²) in [7, 11) is 0. The fourth-order valence-corrected chi connectivity index (χ4v) is 2.02. The van der Waals surface area contributed by atoms with Gasteiger partial charge in [-0.25, -0.2) is 4.39 Å². The van der Waals surface area contributed by atoms with Gasteiger partial charge in [0.15, 0.2) is 0 Å². The highest BCUT2D eigenvalue weighted by atomic mass is 19.1. The van der Waals surface area contributed by atoms with Crippen LogP contribution in [-0.4, -0.2) is 16.6 Å². The smallest absolute Gasteiger partial charge is 0.323 e. The molecule has 80 valence electrons. The van der Waals surface area contributed by atoms with Crippen molar-refractivity contribution in [3.05, 3.63) is 35.6 Å². The van der Waals surface area contributed by atoms with Gasteiger partial charge in [0.2, 0.25) is 0 Å². The molecule has 3 nitrogen and oxygen atoms in total. The predicted molar refractivity (Wildman–Crippen MR) is 52.9 cm³/mol. The summed E-state index contributed by atoms with van der Waals surface area (Å²) in [6.07, 6.45) is 0.618. The Labute approximate surface area is 86.7 Å². The molecule has 3 N–H and O–H groups in total. The topological polar surface area (TPSA) is 63.3 Å². The van der Waals surface area contributed by atoms with Crippen LogP contribution >= 0.6 is 0 Å². The van der Waals surface area contributed by atoms with Gasteiger partial charge in [0.05, 0.1) is 0 Å². The third-order valence-electron chi connectivity index (χ3n) is 2.99. The van der Waals surface area contributed by atoms with Gasteiger partial charge in [0.1, 0.15) is 11.4 Å². The minimum Gasteiger partial charge on any atom is -0.480 e. The van der Waals surface area contributed by atoms with Crippen molar-refractivity contribution >= 4 is 5.97 Å². The largest absolute Gasteiger partial charge is 0.480 e. The van der Waals surface area contributed by atoms with Gasteiger partial charge >= 0.3 is 5.97 Å². The zero-order chi connectivity index (χ0) is 11.1. The number of carboxylic acids is 1. The van der Waals surface area contributed by atoms with Crippen molar-refractivity contribution < 1.29 is 14.3 Å². The second kappa shape index (κ2) is 3.31. The second-order valence-electron chi connectivity index (χ2n) is 4.09. The molecule has 0 amide bonds.